The summed E-state index contributed by atoms with van der Waals surface area (Å²) in [5, 5.41) is 15.1. The molecule has 1 atom stereocenters. The van der Waals surface area contributed by atoms with Crippen molar-refractivity contribution in [3.63, 3.8) is 0 Å². The van der Waals surface area contributed by atoms with E-state index >= 15 is 0 Å². The van der Waals surface area contributed by atoms with Gasteiger partial charge in [0.1, 0.15) is 0 Å². The zero-order valence-corrected chi connectivity index (χ0v) is 14.2. The third kappa shape index (κ3) is 5.08. The maximum atomic E-state index is 12.1. The van der Waals surface area contributed by atoms with Gasteiger partial charge in [0, 0.05) is 13.1 Å². The summed E-state index contributed by atoms with van der Waals surface area (Å²) < 4.78 is 0. The Morgan fingerprint density at radius 2 is 1.62 bits per heavy atom. The van der Waals surface area contributed by atoms with Crippen LogP contribution in [0, 0.1) is 0 Å². The molecule has 0 bridgehead atoms. The molecule has 128 valence electrons. The predicted molar refractivity (Wildman–Crippen MR) is 95.5 cm³/mol. The average molecular weight is 327 g/mol. The Balaban J connectivity index is 1.87. The van der Waals surface area contributed by atoms with E-state index < -0.39 is 0 Å². The first kappa shape index (κ1) is 18.0. The van der Waals surface area contributed by atoms with E-state index in [9.17, 15) is 9.90 Å². The van der Waals surface area contributed by atoms with Gasteiger partial charge in [-0.2, -0.15) is 0 Å². The molecule has 0 spiro atoms. The lowest BCUT2D eigenvalue weighted by atomic mass is 10.1. The largest absolute Gasteiger partial charge is 0.392 e. The number of amides is 2. The summed E-state index contributed by atoms with van der Waals surface area (Å²) in [6, 6.07) is 17.5. The molecule has 0 radical (unpaired) electrons. The summed E-state index contributed by atoms with van der Waals surface area (Å²) in [6.45, 7) is 0.876. The highest BCUT2D eigenvalue weighted by atomic mass is 16.3. The van der Waals surface area contributed by atoms with Crippen molar-refractivity contribution in [2.24, 2.45) is 0 Å². The minimum atomic E-state index is -0.217. The highest BCUT2D eigenvalue weighted by Crippen LogP contribution is 2.16. The number of nitrogens with zero attached hydrogens (tertiary/aromatic N) is 1. The number of aliphatic hydroxyl groups excluding tert-OH is 1. The fraction of sp³-hybridized carbons (Fsp3) is 0.316. The van der Waals surface area contributed by atoms with Crippen molar-refractivity contribution in [1.29, 1.82) is 0 Å². The van der Waals surface area contributed by atoms with Crippen LogP contribution in [0.3, 0.4) is 0 Å². The Bertz CT molecular complexity index is 644. The SMILES string of the molecule is CN(C)C(CNC(=O)NCc1ccccc1CO)c1ccccc1. The number of carbonyl (C=O) groups is 1. The van der Waals surface area contributed by atoms with Gasteiger partial charge in [-0.25, -0.2) is 4.79 Å². The lowest BCUT2D eigenvalue weighted by Crippen LogP contribution is -2.40. The quantitative estimate of drug-likeness (QED) is 0.731. The number of rotatable bonds is 7. The summed E-state index contributed by atoms with van der Waals surface area (Å²) in [4.78, 5) is 14.2. The minimum absolute atomic E-state index is 0.0316. The first-order valence-electron chi connectivity index (χ1n) is 8.02. The van der Waals surface area contributed by atoms with Crippen molar-refractivity contribution in [2.45, 2.75) is 19.2 Å². The van der Waals surface area contributed by atoms with E-state index in [2.05, 4.69) is 27.7 Å². The van der Waals surface area contributed by atoms with Crippen molar-refractivity contribution in [3.8, 4) is 0 Å². The van der Waals surface area contributed by atoms with Gasteiger partial charge >= 0.3 is 6.03 Å². The van der Waals surface area contributed by atoms with E-state index in [1.165, 1.54) is 0 Å². The molecule has 1 unspecified atom stereocenters. The molecule has 0 heterocycles. The lowest BCUT2D eigenvalue weighted by molar-refractivity contribution is 0.232. The first-order valence-corrected chi connectivity index (χ1v) is 8.02. The van der Waals surface area contributed by atoms with E-state index in [-0.39, 0.29) is 18.7 Å². The standard InChI is InChI=1S/C19H25N3O2/c1-22(2)18(15-8-4-3-5-9-15)13-21-19(24)20-12-16-10-6-7-11-17(16)14-23/h3-11,18,23H,12-14H2,1-2H3,(H2,20,21,24). The minimum Gasteiger partial charge on any atom is -0.392 e. The summed E-state index contributed by atoms with van der Waals surface area (Å²) in [7, 11) is 3.99. The highest BCUT2D eigenvalue weighted by Gasteiger charge is 2.14. The van der Waals surface area contributed by atoms with E-state index in [4.69, 9.17) is 0 Å². The fourth-order valence-corrected chi connectivity index (χ4v) is 2.59. The van der Waals surface area contributed by atoms with Crippen LogP contribution in [0.1, 0.15) is 22.7 Å². The van der Waals surface area contributed by atoms with Crippen LogP contribution in [-0.2, 0) is 13.2 Å². The lowest BCUT2D eigenvalue weighted by Gasteiger charge is -2.25. The summed E-state index contributed by atoms with van der Waals surface area (Å²) in [6.07, 6.45) is 0. The van der Waals surface area contributed by atoms with E-state index in [0.717, 1.165) is 16.7 Å². The predicted octanol–water partition coefficient (Wildman–Crippen LogP) is 2.28. The maximum Gasteiger partial charge on any atom is 0.315 e. The second kappa shape index (κ2) is 9.05. The zero-order chi connectivity index (χ0) is 17.4. The molecule has 2 rings (SSSR count). The average Bonchev–Trinajstić information content (AvgIpc) is 2.61. The molecule has 5 nitrogen and oxygen atoms in total. The fourth-order valence-electron chi connectivity index (χ4n) is 2.59. The molecule has 5 heteroatoms. The number of carbonyl (C=O) groups excluding carboxylic acids is 1. The van der Waals surface area contributed by atoms with E-state index in [0.29, 0.717) is 13.1 Å². The molecule has 0 saturated heterocycles. The van der Waals surface area contributed by atoms with Gasteiger partial charge < -0.3 is 20.6 Å². The zero-order valence-electron chi connectivity index (χ0n) is 14.2. The van der Waals surface area contributed by atoms with Gasteiger partial charge in [0.05, 0.1) is 12.6 Å². The van der Waals surface area contributed by atoms with Gasteiger partial charge in [0.25, 0.3) is 0 Å². The van der Waals surface area contributed by atoms with Crippen LogP contribution in [-0.4, -0.2) is 36.7 Å². The van der Waals surface area contributed by atoms with Gasteiger partial charge in [0.15, 0.2) is 0 Å². The molecule has 0 aromatic heterocycles. The summed E-state index contributed by atoms with van der Waals surface area (Å²) >= 11 is 0. The van der Waals surface area contributed by atoms with Gasteiger partial charge in [0.2, 0.25) is 0 Å². The van der Waals surface area contributed by atoms with Crippen LogP contribution >= 0.6 is 0 Å². The van der Waals surface area contributed by atoms with Crippen molar-refractivity contribution in [2.75, 3.05) is 20.6 Å². The second-order valence-electron chi connectivity index (χ2n) is 5.88. The molecule has 2 aromatic rings. The highest BCUT2D eigenvalue weighted by molar-refractivity contribution is 5.73. The molecule has 3 N–H and O–H groups in total. The number of hydrogen-bond acceptors (Lipinski definition) is 3. The van der Waals surface area contributed by atoms with Crippen molar-refractivity contribution in [3.05, 3.63) is 71.3 Å². The number of nitrogens with one attached hydrogen (secondary N) is 2. The molecule has 0 fully saturated rings. The van der Waals surface area contributed by atoms with E-state index in [1.807, 2.05) is 56.6 Å². The van der Waals surface area contributed by atoms with Gasteiger partial charge in [-0.1, -0.05) is 54.6 Å². The number of aliphatic hydroxyl groups is 1. The normalized spacial score (nSPS) is 12.0. The van der Waals surface area contributed by atoms with Crippen LogP contribution in [0.25, 0.3) is 0 Å². The van der Waals surface area contributed by atoms with Gasteiger partial charge in [-0.15, -0.1) is 0 Å². The third-order valence-electron chi connectivity index (χ3n) is 3.99. The maximum absolute atomic E-state index is 12.1. The molecule has 2 aromatic carbocycles. The van der Waals surface area contributed by atoms with E-state index in [1.54, 1.807) is 0 Å². The monoisotopic (exact) mass is 327 g/mol. The van der Waals surface area contributed by atoms with Crippen LogP contribution in [0.4, 0.5) is 4.79 Å². The van der Waals surface area contributed by atoms with Gasteiger partial charge in [-0.05, 0) is 30.8 Å². The Labute approximate surface area is 143 Å². The molecule has 0 saturated carbocycles. The smallest absolute Gasteiger partial charge is 0.315 e. The number of benzene rings is 2. The Hall–Kier alpha value is -2.37. The Kier molecular flexibility index (Phi) is 6.78. The van der Waals surface area contributed by atoms with Gasteiger partial charge in [-0.3, -0.25) is 0 Å². The first-order chi connectivity index (χ1) is 11.6. The Morgan fingerprint density at radius 1 is 1.00 bits per heavy atom. The van der Waals surface area contributed by atoms with Crippen molar-refractivity contribution >= 4 is 6.03 Å². The second-order valence-corrected chi connectivity index (χ2v) is 5.88. The van der Waals surface area contributed by atoms with Crippen LogP contribution in [0.15, 0.2) is 54.6 Å². The Morgan fingerprint density at radius 3 is 2.25 bits per heavy atom. The molecule has 0 aliphatic carbocycles. The number of hydrogen-bond donors (Lipinski definition) is 3. The molecular formula is C19H25N3O2. The van der Waals surface area contributed by atoms with Crippen LogP contribution in [0.5, 0.6) is 0 Å². The van der Waals surface area contributed by atoms with Crippen LogP contribution in [0.2, 0.25) is 0 Å². The third-order valence-corrected chi connectivity index (χ3v) is 3.99. The van der Waals surface area contributed by atoms with Crippen LogP contribution < -0.4 is 10.6 Å². The van der Waals surface area contributed by atoms with Crippen molar-refractivity contribution in [1.82, 2.24) is 15.5 Å². The summed E-state index contributed by atoms with van der Waals surface area (Å²) in [5.41, 5.74) is 2.91. The topological polar surface area (TPSA) is 64.6 Å². The van der Waals surface area contributed by atoms with Crippen molar-refractivity contribution < 1.29 is 9.90 Å². The summed E-state index contributed by atoms with van der Waals surface area (Å²) in [5.74, 6) is 0. The molecule has 24 heavy (non-hydrogen) atoms. The molecular weight excluding hydrogens is 302 g/mol. The number of likely N-dealkylation sites (N-methyl/N-ethyl adjacent to an activating group) is 1. The number of urea groups is 1. The molecule has 2 amide bonds. The molecule has 0 aliphatic rings. The molecule has 0 aliphatic heterocycles.